The molecule has 86 valence electrons. The molecular formula is C10H12ClN3O2. The van der Waals surface area contributed by atoms with Crippen molar-refractivity contribution in [2.45, 2.75) is 26.4 Å². The quantitative estimate of drug-likeness (QED) is 0.891. The SMILES string of the molecule is CC(C)NCc1nnc(-c2ccc(Cl)o2)o1. The second-order valence-electron chi connectivity index (χ2n) is 3.64. The molecule has 0 aliphatic carbocycles. The van der Waals surface area contributed by atoms with E-state index in [9.17, 15) is 0 Å². The summed E-state index contributed by atoms with van der Waals surface area (Å²) in [5, 5.41) is 11.2. The molecule has 0 radical (unpaired) electrons. The molecule has 0 aliphatic rings. The second kappa shape index (κ2) is 4.67. The average Bonchev–Trinajstić information content (AvgIpc) is 2.83. The molecule has 0 aliphatic heterocycles. The Morgan fingerprint density at radius 2 is 2.12 bits per heavy atom. The summed E-state index contributed by atoms with van der Waals surface area (Å²) in [4.78, 5) is 0. The first-order chi connectivity index (χ1) is 7.65. The van der Waals surface area contributed by atoms with Crippen LogP contribution in [0.1, 0.15) is 19.7 Å². The Balaban J connectivity index is 2.07. The first-order valence-electron chi connectivity index (χ1n) is 4.96. The molecule has 2 aromatic rings. The molecule has 0 amide bonds. The minimum Gasteiger partial charge on any atom is -0.440 e. The minimum atomic E-state index is 0.301. The fourth-order valence-corrected chi connectivity index (χ4v) is 1.29. The Bertz CT molecular complexity index is 464. The van der Waals surface area contributed by atoms with Crippen molar-refractivity contribution in [3.05, 3.63) is 23.2 Å². The van der Waals surface area contributed by atoms with Crippen LogP contribution in [0.3, 0.4) is 0 Å². The first-order valence-corrected chi connectivity index (χ1v) is 5.34. The van der Waals surface area contributed by atoms with Gasteiger partial charge in [0, 0.05) is 6.04 Å². The van der Waals surface area contributed by atoms with E-state index in [0.29, 0.717) is 35.3 Å². The van der Waals surface area contributed by atoms with Crippen LogP contribution in [0.5, 0.6) is 0 Å². The molecule has 2 rings (SSSR count). The number of rotatable bonds is 4. The fraction of sp³-hybridized carbons (Fsp3) is 0.400. The van der Waals surface area contributed by atoms with Crippen LogP contribution in [0.25, 0.3) is 11.7 Å². The first kappa shape index (κ1) is 11.2. The van der Waals surface area contributed by atoms with E-state index in [4.69, 9.17) is 20.4 Å². The van der Waals surface area contributed by atoms with Gasteiger partial charge in [-0.15, -0.1) is 10.2 Å². The Hall–Kier alpha value is -1.33. The van der Waals surface area contributed by atoms with E-state index >= 15 is 0 Å². The highest BCUT2D eigenvalue weighted by Crippen LogP contribution is 2.23. The molecular weight excluding hydrogens is 230 g/mol. The molecule has 0 bridgehead atoms. The third kappa shape index (κ3) is 2.62. The van der Waals surface area contributed by atoms with Crippen LogP contribution in [-0.2, 0) is 6.54 Å². The number of halogens is 1. The lowest BCUT2D eigenvalue weighted by Crippen LogP contribution is -2.21. The highest BCUT2D eigenvalue weighted by Gasteiger charge is 2.12. The molecule has 0 aromatic carbocycles. The van der Waals surface area contributed by atoms with Gasteiger partial charge in [0.1, 0.15) is 0 Å². The van der Waals surface area contributed by atoms with Gasteiger partial charge in [0.15, 0.2) is 11.0 Å². The lowest BCUT2D eigenvalue weighted by Gasteiger charge is -2.03. The zero-order valence-electron chi connectivity index (χ0n) is 9.03. The topological polar surface area (TPSA) is 64.1 Å². The molecule has 2 heterocycles. The molecule has 0 saturated heterocycles. The van der Waals surface area contributed by atoms with Crippen molar-refractivity contribution >= 4 is 11.6 Å². The summed E-state index contributed by atoms with van der Waals surface area (Å²) in [6.07, 6.45) is 0. The number of nitrogens with zero attached hydrogens (tertiary/aromatic N) is 2. The summed E-state index contributed by atoms with van der Waals surface area (Å²) >= 11 is 5.65. The maximum absolute atomic E-state index is 5.65. The summed E-state index contributed by atoms with van der Waals surface area (Å²) in [6.45, 7) is 4.63. The molecule has 5 nitrogen and oxygen atoms in total. The van der Waals surface area contributed by atoms with Gasteiger partial charge in [-0.2, -0.15) is 0 Å². The van der Waals surface area contributed by atoms with Crippen LogP contribution < -0.4 is 5.32 Å². The van der Waals surface area contributed by atoms with Crippen molar-refractivity contribution in [3.8, 4) is 11.7 Å². The predicted molar refractivity (Wildman–Crippen MR) is 59.0 cm³/mol. The Morgan fingerprint density at radius 1 is 1.31 bits per heavy atom. The van der Waals surface area contributed by atoms with Crippen molar-refractivity contribution in [1.82, 2.24) is 15.5 Å². The smallest absolute Gasteiger partial charge is 0.283 e. The van der Waals surface area contributed by atoms with Crippen molar-refractivity contribution in [2.75, 3.05) is 0 Å². The maximum Gasteiger partial charge on any atom is 0.283 e. The maximum atomic E-state index is 5.65. The van der Waals surface area contributed by atoms with Gasteiger partial charge in [0.05, 0.1) is 6.54 Å². The molecule has 0 saturated carbocycles. The largest absolute Gasteiger partial charge is 0.440 e. The van der Waals surface area contributed by atoms with Crippen molar-refractivity contribution in [1.29, 1.82) is 0 Å². The van der Waals surface area contributed by atoms with E-state index in [-0.39, 0.29) is 0 Å². The summed E-state index contributed by atoms with van der Waals surface area (Å²) in [6, 6.07) is 3.69. The zero-order valence-corrected chi connectivity index (χ0v) is 9.78. The molecule has 1 N–H and O–H groups in total. The van der Waals surface area contributed by atoms with Crippen LogP contribution in [-0.4, -0.2) is 16.2 Å². The van der Waals surface area contributed by atoms with Crippen molar-refractivity contribution in [3.63, 3.8) is 0 Å². The number of furan rings is 1. The molecule has 0 fully saturated rings. The number of hydrogen-bond donors (Lipinski definition) is 1. The summed E-state index contributed by atoms with van der Waals surface area (Å²) in [7, 11) is 0. The average molecular weight is 242 g/mol. The highest BCUT2D eigenvalue weighted by molar-refractivity contribution is 6.28. The van der Waals surface area contributed by atoms with E-state index in [2.05, 4.69) is 15.5 Å². The van der Waals surface area contributed by atoms with E-state index in [0.717, 1.165) is 0 Å². The minimum absolute atomic E-state index is 0.301. The van der Waals surface area contributed by atoms with Gasteiger partial charge in [-0.25, -0.2) is 0 Å². The molecule has 16 heavy (non-hydrogen) atoms. The Kier molecular flexibility index (Phi) is 3.26. The van der Waals surface area contributed by atoms with Crippen LogP contribution in [0.4, 0.5) is 0 Å². The molecule has 0 atom stereocenters. The van der Waals surface area contributed by atoms with Crippen molar-refractivity contribution < 1.29 is 8.83 Å². The molecule has 0 unspecified atom stereocenters. The van der Waals surface area contributed by atoms with Gasteiger partial charge in [0.25, 0.3) is 5.89 Å². The van der Waals surface area contributed by atoms with E-state index in [1.807, 2.05) is 13.8 Å². The number of nitrogens with one attached hydrogen (secondary N) is 1. The second-order valence-corrected chi connectivity index (χ2v) is 4.01. The lowest BCUT2D eigenvalue weighted by molar-refractivity contribution is 0.447. The lowest BCUT2D eigenvalue weighted by atomic mass is 10.4. The van der Waals surface area contributed by atoms with E-state index < -0.39 is 0 Å². The van der Waals surface area contributed by atoms with Gasteiger partial charge in [-0.1, -0.05) is 13.8 Å². The van der Waals surface area contributed by atoms with Gasteiger partial charge >= 0.3 is 0 Å². The standard InChI is InChI=1S/C10H12ClN3O2/c1-6(2)12-5-9-13-14-10(16-9)7-3-4-8(11)15-7/h3-4,6,12H,5H2,1-2H3. The van der Waals surface area contributed by atoms with Gasteiger partial charge in [-0.3, -0.25) is 0 Å². The summed E-state index contributed by atoms with van der Waals surface area (Å²) in [5.41, 5.74) is 0. The zero-order chi connectivity index (χ0) is 11.5. The molecule has 0 spiro atoms. The van der Waals surface area contributed by atoms with Crippen LogP contribution in [0, 0.1) is 0 Å². The van der Waals surface area contributed by atoms with E-state index in [1.54, 1.807) is 12.1 Å². The fourth-order valence-electron chi connectivity index (χ4n) is 1.15. The normalized spacial score (nSPS) is 11.2. The van der Waals surface area contributed by atoms with E-state index in [1.165, 1.54) is 0 Å². The number of hydrogen-bond acceptors (Lipinski definition) is 5. The van der Waals surface area contributed by atoms with Crippen LogP contribution in [0.2, 0.25) is 5.22 Å². The third-order valence-electron chi connectivity index (χ3n) is 1.91. The number of aromatic nitrogens is 2. The monoisotopic (exact) mass is 241 g/mol. The Labute approximate surface area is 97.8 Å². The van der Waals surface area contributed by atoms with Gasteiger partial charge in [0.2, 0.25) is 5.89 Å². The van der Waals surface area contributed by atoms with Crippen LogP contribution >= 0.6 is 11.6 Å². The summed E-state index contributed by atoms with van der Waals surface area (Å²) < 4.78 is 10.6. The highest BCUT2D eigenvalue weighted by atomic mass is 35.5. The third-order valence-corrected chi connectivity index (χ3v) is 2.12. The summed E-state index contributed by atoms with van der Waals surface area (Å²) in [5.74, 6) is 1.34. The molecule has 6 heteroatoms. The van der Waals surface area contributed by atoms with Crippen LogP contribution in [0.15, 0.2) is 21.0 Å². The van der Waals surface area contributed by atoms with Crippen molar-refractivity contribution in [2.24, 2.45) is 0 Å². The van der Waals surface area contributed by atoms with Gasteiger partial charge in [-0.05, 0) is 23.7 Å². The predicted octanol–water partition coefficient (Wildman–Crippen LogP) is 2.48. The van der Waals surface area contributed by atoms with Gasteiger partial charge < -0.3 is 14.2 Å². The Morgan fingerprint density at radius 3 is 2.75 bits per heavy atom. The molecule has 2 aromatic heterocycles.